The second-order valence-electron chi connectivity index (χ2n) is 4.46. The van der Waals surface area contributed by atoms with Crippen molar-refractivity contribution in [3.05, 3.63) is 71.9 Å². The number of benzene rings is 2. The molecule has 0 aliphatic heterocycles. The fourth-order valence-corrected chi connectivity index (χ4v) is 2.03. The van der Waals surface area contributed by atoms with Crippen molar-refractivity contribution in [1.82, 2.24) is 4.98 Å². The van der Waals surface area contributed by atoms with Crippen molar-refractivity contribution in [2.24, 2.45) is 0 Å². The number of rotatable bonds is 3. The van der Waals surface area contributed by atoms with Crippen LogP contribution < -0.4 is 4.74 Å². The van der Waals surface area contributed by atoms with Crippen LogP contribution in [0.1, 0.15) is 11.1 Å². The third-order valence-corrected chi connectivity index (χ3v) is 3.04. The fraction of sp³-hybridized carbons (Fsp3) is 0.0588. The van der Waals surface area contributed by atoms with E-state index in [9.17, 15) is 0 Å². The Morgan fingerprint density at radius 3 is 2.90 bits per heavy atom. The van der Waals surface area contributed by atoms with E-state index in [0.717, 1.165) is 22.2 Å². The second kappa shape index (κ2) is 5.41. The average molecular weight is 260 g/mol. The van der Waals surface area contributed by atoms with Crippen LogP contribution in [0.4, 0.5) is 0 Å². The van der Waals surface area contributed by atoms with Gasteiger partial charge in [-0.15, -0.1) is 0 Å². The Morgan fingerprint density at radius 1 is 1.05 bits per heavy atom. The standard InChI is InChI=1S/C17H12N2O/c18-11-13-3-1-4-14(9-13)12-20-16-7-6-15-5-2-8-19-17(15)10-16/h1-10H,12H2. The topological polar surface area (TPSA) is 45.9 Å². The minimum Gasteiger partial charge on any atom is -0.489 e. The molecule has 3 rings (SSSR count). The minimum absolute atomic E-state index is 0.438. The second-order valence-corrected chi connectivity index (χ2v) is 4.46. The molecule has 0 saturated heterocycles. The predicted molar refractivity (Wildman–Crippen MR) is 77.2 cm³/mol. The van der Waals surface area contributed by atoms with Gasteiger partial charge in [-0.2, -0.15) is 5.26 Å². The van der Waals surface area contributed by atoms with Crippen molar-refractivity contribution >= 4 is 10.9 Å². The highest BCUT2D eigenvalue weighted by molar-refractivity contribution is 5.79. The largest absolute Gasteiger partial charge is 0.489 e. The van der Waals surface area contributed by atoms with E-state index >= 15 is 0 Å². The van der Waals surface area contributed by atoms with Gasteiger partial charge in [-0.25, -0.2) is 0 Å². The number of hydrogen-bond donors (Lipinski definition) is 0. The summed E-state index contributed by atoms with van der Waals surface area (Å²) in [5.74, 6) is 0.776. The van der Waals surface area contributed by atoms with E-state index in [1.165, 1.54) is 0 Å². The van der Waals surface area contributed by atoms with Crippen LogP contribution in [0, 0.1) is 11.3 Å². The summed E-state index contributed by atoms with van der Waals surface area (Å²) in [6.07, 6.45) is 1.77. The molecule has 0 atom stereocenters. The molecule has 3 aromatic rings. The molecule has 3 heteroatoms. The molecule has 3 nitrogen and oxygen atoms in total. The summed E-state index contributed by atoms with van der Waals surface area (Å²) in [5, 5.41) is 9.96. The van der Waals surface area contributed by atoms with Crippen LogP contribution in [-0.4, -0.2) is 4.98 Å². The van der Waals surface area contributed by atoms with Crippen LogP contribution in [0.5, 0.6) is 5.75 Å². The van der Waals surface area contributed by atoms with Gasteiger partial charge in [0.1, 0.15) is 12.4 Å². The summed E-state index contributed by atoms with van der Waals surface area (Å²) in [7, 11) is 0. The summed E-state index contributed by atoms with van der Waals surface area (Å²) >= 11 is 0. The summed E-state index contributed by atoms with van der Waals surface area (Å²) in [4.78, 5) is 4.30. The van der Waals surface area contributed by atoms with Crippen molar-refractivity contribution in [3.8, 4) is 11.8 Å². The number of fused-ring (bicyclic) bond motifs is 1. The lowest BCUT2D eigenvalue weighted by Crippen LogP contribution is -1.96. The molecule has 0 fully saturated rings. The molecule has 0 radical (unpaired) electrons. The Bertz CT molecular complexity index is 790. The lowest BCUT2D eigenvalue weighted by molar-refractivity contribution is 0.306. The summed E-state index contributed by atoms with van der Waals surface area (Å²) in [6.45, 7) is 0.438. The van der Waals surface area contributed by atoms with Crippen LogP contribution in [0.2, 0.25) is 0 Å². The van der Waals surface area contributed by atoms with E-state index in [2.05, 4.69) is 11.1 Å². The monoisotopic (exact) mass is 260 g/mol. The molecule has 0 N–H and O–H groups in total. The zero-order chi connectivity index (χ0) is 13.8. The molecule has 0 spiro atoms. The molecular weight excluding hydrogens is 248 g/mol. The van der Waals surface area contributed by atoms with Crippen LogP contribution in [0.3, 0.4) is 0 Å². The smallest absolute Gasteiger partial charge is 0.122 e. The Balaban J connectivity index is 1.78. The van der Waals surface area contributed by atoms with E-state index in [-0.39, 0.29) is 0 Å². The van der Waals surface area contributed by atoms with Crippen molar-refractivity contribution in [3.63, 3.8) is 0 Å². The molecule has 0 aliphatic rings. The van der Waals surface area contributed by atoms with E-state index < -0.39 is 0 Å². The van der Waals surface area contributed by atoms with E-state index in [1.807, 2.05) is 48.5 Å². The van der Waals surface area contributed by atoms with Crippen LogP contribution >= 0.6 is 0 Å². The van der Waals surface area contributed by atoms with Gasteiger partial charge in [0.15, 0.2) is 0 Å². The predicted octanol–water partition coefficient (Wildman–Crippen LogP) is 3.69. The molecule has 1 aromatic heterocycles. The normalized spacial score (nSPS) is 10.2. The van der Waals surface area contributed by atoms with Crippen molar-refractivity contribution in [2.75, 3.05) is 0 Å². The lowest BCUT2D eigenvalue weighted by atomic mass is 10.1. The highest BCUT2D eigenvalue weighted by atomic mass is 16.5. The Labute approximate surface area is 117 Å². The maximum atomic E-state index is 8.87. The molecule has 96 valence electrons. The maximum absolute atomic E-state index is 8.87. The zero-order valence-corrected chi connectivity index (χ0v) is 10.8. The average Bonchev–Trinajstić information content (AvgIpc) is 2.53. The number of nitriles is 1. The Morgan fingerprint density at radius 2 is 2.00 bits per heavy atom. The van der Waals surface area contributed by atoms with Gasteiger partial charge in [0.05, 0.1) is 17.1 Å². The first-order valence-electron chi connectivity index (χ1n) is 6.32. The maximum Gasteiger partial charge on any atom is 0.122 e. The number of aromatic nitrogens is 1. The quantitative estimate of drug-likeness (QED) is 0.721. The van der Waals surface area contributed by atoms with Crippen LogP contribution in [0.25, 0.3) is 10.9 Å². The summed E-state index contributed by atoms with van der Waals surface area (Å²) in [6, 6.07) is 19.3. The van der Waals surface area contributed by atoms with Crippen LogP contribution in [-0.2, 0) is 6.61 Å². The summed E-state index contributed by atoms with van der Waals surface area (Å²) < 4.78 is 5.75. The number of hydrogen-bond acceptors (Lipinski definition) is 3. The van der Waals surface area contributed by atoms with Gasteiger partial charge in [-0.1, -0.05) is 18.2 Å². The molecule has 1 heterocycles. The molecular formula is C17H12N2O. The first-order valence-corrected chi connectivity index (χ1v) is 6.32. The van der Waals surface area contributed by atoms with E-state index in [4.69, 9.17) is 10.00 Å². The van der Waals surface area contributed by atoms with E-state index in [0.29, 0.717) is 12.2 Å². The summed E-state index contributed by atoms with van der Waals surface area (Å²) in [5.41, 5.74) is 2.53. The van der Waals surface area contributed by atoms with E-state index in [1.54, 1.807) is 12.3 Å². The first-order chi connectivity index (χ1) is 9.85. The molecule has 0 unspecified atom stereocenters. The fourth-order valence-electron chi connectivity index (χ4n) is 2.03. The minimum atomic E-state index is 0.438. The molecule has 0 saturated carbocycles. The number of pyridine rings is 1. The SMILES string of the molecule is N#Cc1cccc(COc2ccc3cccnc3c2)c1. The molecule has 20 heavy (non-hydrogen) atoms. The number of nitrogens with zero attached hydrogens (tertiary/aromatic N) is 2. The van der Waals surface area contributed by atoms with Gasteiger partial charge in [0, 0.05) is 17.6 Å². The van der Waals surface area contributed by atoms with Gasteiger partial charge in [0.25, 0.3) is 0 Å². The molecule has 0 amide bonds. The third-order valence-electron chi connectivity index (χ3n) is 3.04. The van der Waals surface area contributed by atoms with Gasteiger partial charge >= 0.3 is 0 Å². The van der Waals surface area contributed by atoms with Gasteiger partial charge in [-0.05, 0) is 35.9 Å². The van der Waals surface area contributed by atoms with Crippen molar-refractivity contribution in [1.29, 1.82) is 5.26 Å². The highest BCUT2D eigenvalue weighted by Crippen LogP contribution is 2.19. The van der Waals surface area contributed by atoms with Gasteiger partial charge < -0.3 is 4.74 Å². The number of ether oxygens (including phenoxy) is 1. The molecule has 0 bridgehead atoms. The zero-order valence-electron chi connectivity index (χ0n) is 10.8. The first kappa shape index (κ1) is 12.2. The van der Waals surface area contributed by atoms with Crippen molar-refractivity contribution < 1.29 is 4.74 Å². The Hall–Kier alpha value is -2.86. The van der Waals surface area contributed by atoms with Gasteiger partial charge in [-0.3, -0.25) is 4.98 Å². The molecule has 0 aliphatic carbocycles. The van der Waals surface area contributed by atoms with Gasteiger partial charge in [0.2, 0.25) is 0 Å². The molecule has 2 aromatic carbocycles. The lowest BCUT2D eigenvalue weighted by Gasteiger charge is -2.07. The third kappa shape index (κ3) is 2.60. The van der Waals surface area contributed by atoms with Crippen molar-refractivity contribution in [2.45, 2.75) is 6.61 Å². The Kier molecular flexibility index (Phi) is 3.30. The van der Waals surface area contributed by atoms with Crippen LogP contribution in [0.15, 0.2) is 60.8 Å². The highest BCUT2D eigenvalue weighted by Gasteiger charge is 2.00.